The number of anilines is 2. The summed E-state index contributed by atoms with van der Waals surface area (Å²) in [4.78, 5) is 12.3. The average Bonchev–Trinajstić information content (AvgIpc) is 2.65. The van der Waals surface area contributed by atoms with E-state index >= 15 is 0 Å². The Morgan fingerprint density at radius 1 is 1.04 bits per heavy atom. The predicted octanol–water partition coefficient (Wildman–Crippen LogP) is 5.27. The van der Waals surface area contributed by atoms with Crippen LogP contribution in [0.25, 0.3) is 11.5 Å². The molecule has 0 amide bonds. The van der Waals surface area contributed by atoms with Crippen molar-refractivity contribution in [3.05, 3.63) is 58.9 Å². The number of pyridine rings is 1. The van der Waals surface area contributed by atoms with Gasteiger partial charge in [-0.05, 0) is 43.3 Å². The summed E-state index contributed by atoms with van der Waals surface area (Å²) in [5, 5.41) is 3.37. The number of hydrogen-bond acceptors (Lipinski definition) is 5. The summed E-state index contributed by atoms with van der Waals surface area (Å²) in [6, 6.07) is 9.26. The third-order valence-corrected chi connectivity index (χ3v) is 4.14. The number of benzene rings is 1. The first kappa shape index (κ1) is 18.9. The smallest absolute Gasteiger partial charge is 0.417 e. The molecule has 0 fully saturated rings. The van der Waals surface area contributed by atoms with Gasteiger partial charge in [-0.25, -0.2) is 9.97 Å². The number of aryl methyl sites for hydroxylation is 1. The van der Waals surface area contributed by atoms with Crippen molar-refractivity contribution in [2.45, 2.75) is 13.1 Å². The Hall–Kier alpha value is -2.87. The largest absolute Gasteiger partial charge is 0.497 e. The van der Waals surface area contributed by atoms with Crippen LogP contribution in [0.4, 0.5) is 24.7 Å². The molecule has 1 N–H and O–H groups in total. The number of ether oxygens (including phenoxy) is 1. The summed E-state index contributed by atoms with van der Waals surface area (Å²) < 4.78 is 43.2. The summed E-state index contributed by atoms with van der Waals surface area (Å²) in [5.41, 5.74) is 0.551. The minimum atomic E-state index is -4.45. The van der Waals surface area contributed by atoms with Gasteiger partial charge in [-0.3, -0.25) is 4.98 Å². The highest BCUT2D eigenvalue weighted by molar-refractivity contribution is 6.33. The fraction of sp³-hybridized carbons (Fsp3) is 0.167. The molecule has 3 aromatic rings. The number of hydrogen-bond donors (Lipinski definition) is 1. The Bertz CT molecular complexity index is 945. The number of nitrogens with zero attached hydrogens (tertiary/aromatic N) is 3. The third-order valence-electron chi connectivity index (χ3n) is 3.69. The molecule has 5 nitrogen and oxygen atoms in total. The molecule has 9 heteroatoms. The van der Waals surface area contributed by atoms with E-state index in [1.54, 1.807) is 38.3 Å². The van der Waals surface area contributed by atoms with E-state index in [4.69, 9.17) is 16.3 Å². The maximum absolute atomic E-state index is 12.7. The van der Waals surface area contributed by atoms with Gasteiger partial charge in [-0.1, -0.05) is 11.6 Å². The molecular weight excluding hydrogens is 381 g/mol. The predicted molar refractivity (Wildman–Crippen MR) is 96.3 cm³/mol. The minimum Gasteiger partial charge on any atom is -0.497 e. The van der Waals surface area contributed by atoms with Crippen molar-refractivity contribution in [2.75, 3.05) is 12.4 Å². The van der Waals surface area contributed by atoms with Crippen LogP contribution in [0.5, 0.6) is 5.75 Å². The van der Waals surface area contributed by atoms with Crippen molar-refractivity contribution in [1.29, 1.82) is 0 Å². The molecule has 140 valence electrons. The van der Waals surface area contributed by atoms with Gasteiger partial charge in [-0.2, -0.15) is 13.2 Å². The van der Waals surface area contributed by atoms with Gasteiger partial charge in [0.05, 0.1) is 18.4 Å². The standard InChI is InChI=1S/C18H14ClF3N4O/c1-10-15(19)17(25-12-4-6-13(27-2)7-5-12)26-16(24-10)14-8-3-11(9-23-14)18(20,21)22/h3-9H,1-2H3,(H,24,25,26). The molecule has 0 bridgehead atoms. The minimum absolute atomic E-state index is 0.168. The quantitative estimate of drug-likeness (QED) is 0.653. The average molecular weight is 395 g/mol. The van der Waals surface area contributed by atoms with Crippen LogP contribution in [0, 0.1) is 6.92 Å². The number of aromatic nitrogens is 3. The number of halogens is 4. The van der Waals surface area contributed by atoms with E-state index in [9.17, 15) is 13.2 Å². The molecule has 0 radical (unpaired) electrons. The lowest BCUT2D eigenvalue weighted by molar-refractivity contribution is -0.137. The maximum atomic E-state index is 12.7. The van der Waals surface area contributed by atoms with Gasteiger partial charge in [-0.15, -0.1) is 0 Å². The molecule has 0 aliphatic carbocycles. The van der Waals surface area contributed by atoms with E-state index in [0.29, 0.717) is 28.0 Å². The highest BCUT2D eigenvalue weighted by Gasteiger charge is 2.30. The third kappa shape index (κ3) is 4.28. The highest BCUT2D eigenvalue weighted by atomic mass is 35.5. The van der Waals surface area contributed by atoms with Crippen LogP contribution in [-0.2, 0) is 6.18 Å². The van der Waals surface area contributed by atoms with Crippen molar-refractivity contribution in [2.24, 2.45) is 0 Å². The Morgan fingerprint density at radius 2 is 1.74 bits per heavy atom. The second-order valence-electron chi connectivity index (χ2n) is 5.58. The first-order valence-electron chi connectivity index (χ1n) is 7.77. The molecule has 0 aliphatic heterocycles. The van der Waals surface area contributed by atoms with Gasteiger partial charge >= 0.3 is 6.18 Å². The van der Waals surface area contributed by atoms with E-state index in [-0.39, 0.29) is 11.5 Å². The van der Waals surface area contributed by atoms with Gasteiger partial charge in [0.1, 0.15) is 16.5 Å². The molecule has 0 spiro atoms. The van der Waals surface area contributed by atoms with Crippen molar-refractivity contribution in [1.82, 2.24) is 15.0 Å². The monoisotopic (exact) mass is 394 g/mol. The Morgan fingerprint density at radius 3 is 2.30 bits per heavy atom. The fourth-order valence-corrected chi connectivity index (χ4v) is 2.39. The van der Waals surface area contributed by atoms with Crippen LogP contribution in [0.3, 0.4) is 0 Å². The Labute approximate surface area is 158 Å². The summed E-state index contributed by atoms with van der Waals surface area (Å²) in [6.45, 7) is 1.68. The van der Waals surface area contributed by atoms with Crippen molar-refractivity contribution >= 4 is 23.1 Å². The number of alkyl halides is 3. The van der Waals surface area contributed by atoms with Crippen LogP contribution in [0.2, 0.25) is 5.02 Å². The second kappa shape index (κ2) is 7.40. The van der Waals surface area contributed by atoms with Crippen LogP contribution in [-0.4, -0.2) is 22.1 Å². The van der Waals surface area contributed by atoms with E-state index in [1.165, 1.54) is 6.07 Å². The number of methoxy groups -OCH3 is 1. The zero-order valence-electron chi connectivity index (χ0n) is 14.3. The second-order valence-corrected chi connectivity index (χ2v) is 5.96. The maximum Gasteiger partial charge on any atom is 0.417 e. The van der Waals surface area contributed by atoms with Crippen LogP contribution in [0.15, 0.2) is 42.6 Å². The van der Waals surface area contributed by atoms with Crippen LogP contribution in [0.1, 0.15) is 11.3 Å². The molecule has 0 unspecified atom stereocenters. The first-order chi connectivity index (χ1) is 12.8. The van der Waals surface area contributed by atoms with E-state index in [2.05, 4.69) is 20.3 Å². The van der Waals surface area contributed by atoms with E-state index in [1.807, 2.05) is 0 Å². The summed E-state index contributed by atoms with van der Waals surface area (Å²) in [6.07, 6.45) is -3.71. The normalized spacial score (nSPS) is 11.3. The lowest BCUT2D eigenvalue weighted by atomic mass is 10.2. The van der Waals surface area contributed by atoms with Crippen LogP contribution < -0.4 is 10.1 Å². The number of rotatable bonds is 4. The molecule has 27 heavy (non-hydrogen) atoms. The van der Waals surface area contributed by atoms with Gasteiger partial charge in [0, 0.05) is 11.9 Å². The Balaban J connectivity index is 1.93. The van der Waals surface area contributed by atoms with Crippen molar-refractivity contribution in [3.63, 3.8) is 0 Å². The molecule has 3 rings (SSSR count). The first-order valence-corrected chi connectivity index (χ1v) is 8.14. The molecule has 0 saturated heterocycles. The lowest BCUT2D eigenvalue weighted by Gasteiger charge is -2.12. The fourth-order valence-electron chi connectivity index (χ4n) is 2.26. The highest BCUT2D eigenvalue weighted by Crippen LogP contribution is 2.31. The molecule has 0 atom stereocenters. The van der Waals surface area contributed by atoms with Crippen molar-refractivity contribution < 1.29 is 17.9 Å². The van der Waals surface area contributed by atoms with E-state index < -0.39 is 11.7 Å². The van der Waals surface area contributed by atoms with Crippen LogP contribution >= 0.6 is 11.6 Å². The molecular formula is C18H14ClF3N4O. The SMILES string of the molecule is COc1ccc(Nc2nc(-c3ccc(C(F)(F)F)cn3)nc(C)c2Cl)cc1. The summed E-state index contributed by atoms with van der Waals surface area (Å²) >= 11 is 6.26. The van der Waals surface area contributed by atoms with Gasteiger partial charge in [0.15, 0.2) is 11.6 Å². The zero-order chi connectivity index (χ0) is 19.6. The zero-order valence-corrected chi connectivity index (χ0v) is 15.1. The molecule has 0 aliphatic rings. The molecule has 2 heterocycles. The lowest BCUT2D eigenvalue weighted by Crippen LogP contribution is -2.06. The molecule has 1 aromatic carbocycles. The van der Waals surface area contributed by atoms with Crippen molar-refractivity contribution in [3.8, 4) is 17.3 Å². The summed E-state index contributed by atoms with van der Waals surface area (Å²) in [5.74, 6) is 1.19. The summed E-state index contributed by atoms with van der Waals surface area (Å²) in [7, 11) is 1.57. The molecule has 0 saturated carbocycles. The topological polar surface area (TPSA) is 59.9 Å². The number of nitrogens with one attached hydrogen (secondary N) is 1. The Kier molecular flexibility index (Phi) is 5.18. The molecule has 2 aromatic heterocycles. The van der Waals surface area contributed by atoms with E-state index in [0.717, 1.165) is 12.3 Å². The van der Waals surface area contributed by atoms with Gasteiger partial charge < -0.3 is 10.1 Å². The van der Waals surface area contributed by atoms with Gasteiger partial charge in [0.2, 0.25) is 0 Å². The van der Waals surface area contributed by atoms with Gasteiger partial charge in [0.25, 0.3) is 0 Å².